The van der Waals surface area contributed by atoms with E-state index in [-0.39, 0.29) is 6.54 Å². The number of benzene rings is 2. The minimum Gasteiger partial charge on any atom is -0.493 e. The lowest BCUT2D eigenvalue weighted by Crippen LogP contribution is -2.16. The molecule has 7 nitrogen and oxygen atoms in total. The van der Waals surface area contributed by atoms with E-state index in [0.717, 1.165) is 0 Å². The number of anilines is 3. The number of nitrogens with zero attached hydrogens (tertiary/aromatic N) is 3. The fourth-order valence-corrected chi connectivity index (χ4v) is 3.56. The highest BCUT2D eigenvalue weighted by Gasteiger charge is 2.23. The molecule has 152 valence electrons. The van der Waals surface area contributed by atoms with E-state index < -0.39 is 0 Å². The highest BCUT2D eigenvalue weighted by Crippen LogP contribution is 2.46. The van der Waals surface area contributed by atoms with E-state index in [0.29, 0.717) is 50.0 Å². The van der Waals surface area contributed by atoms with Crippen molar-refractivity contribution in [2.75, 3.05) is 26.2 Å². The molecule has 9 heteroatoms. The first-order chi connectivity index (χ1) is 14.0. The molecule has 0 aliphatic rings. The molecule has 0 saturated heterocycles. The van der Waals surface area contributed by atoms with Gasteiger partial charge in [0.05, 0.1) is 32.7 Å². The van der Waals surface area contributed by atoms with Crippen LogP contribution in [-0.4, -0.2) is 31.3 Å². The van der Waals surface area contributed by atoms with Crippen molar-refractivity contribution < 1.29 is 14.2 Å². The van der Waals surface area contributed by atoms with Gasteiger partial charge in [-0.1, -0.05) is 23.2 Å². The maximum absolute atomic E-state index is 6.43. The van der Waals surface area contributed by atoms with Crippen LogP contribution in [0.5, 0.6) is 17.2 Å². The summed E-state index contributed by atoms with van der Waals surface area (Å²) in [5.74, 6) is 2.04. The lowest BCUT2D eigenvalue weighted by molar-refractivity contribution is 0.324. The molecule has 3 rings (SSSR count). The van der Waals surface area contributed by atoms with Crippen LogP contribution in [0.25, 0.3) is 0 Å². The first kappa shape index (κ1) is 21.0. The number of hydrogen-bond acceptors (Lipinski definition) is 7. The molecule has 0 aliphatic heterocycles. The summed E-state index contributed by atoms with van der Waals surface area (Å²) in [6, 6.07) is 8.80. The molecule has 1 heterocycles. The van der Waals surface area contributed by atoms with Gasteiger partial charge in [0.2, 0.25) is 5.75 Å². The molecule has 0 saturated carbocycles. The van der Waals surface area contributed by atoms with Crippen LogP contribution in [0.2, 0.25) is 10.0 Å². The molecule has 0 unspecified atom stereocenters. The van der Waals surface area contributed by atoms with Gasteiger partial charge in [-0.25, -0.2) is 9.97 Å². The van der Waals surface area contributed by atoms with Gasteiger partial charge in [-0.05, 0) is 18.2 Å². The van der Waals surface area contributed by atoms with E-state index in [9.17, 15) is 0 Å². The van der Waals surface area contributed by atoms with Crippen LogP contribution >= 0.6 is 23.2 Å². The molecular formula is C20H20Cl2N4O3. The second kappa shape index (κ2) is 9.17. The minimum absolute atomic E-state index is 0.206. The second-order valence-electron chi connectivity index (χ2n) is 5.88. The number of rotatable bonds is 7. The number of methoxy groups -OCH3 is 3. The molecule has 2 aromatic carbocycles. The summed E-state index contributed by atoms with van der Waals surface area (Å²) in [6.07, 6.45) is 3.09. The highest BCUT2D eigenvalue weighted by atomic mass is 35.5. The fraction of sp³-hybridized carbons (Fsp3) is 0.200. The number of aromatic nitrogens is 2. The summed E-state index contributed by atoms with van der Waals surface area (Å²) in [5, 5.41) is 0.926. The van der Waals surface area contributed by atoms with Crippen LogP contribution < -0.4 is 24.8 Å². The van der Waals surface area contributed by atoms with Crippen LogP contribution in [0.1, 0.15) is 5.56 Å². The molecule has 0 radical (unpaired) electrons. The van der Waals surface area contributed by atoms with Gasteiger partial charge in [-0.15, -0.1) is 0 Å². The maximum atomic E-state index is 6.43. The topological polar surface area (TPSA) is 82.7 Å². The molecule has 0 aliphatic carbocycles. The fourth-order valence-electron chi connectivity index (χ4n) is 3.00. The van der Waals surface area contributed by atoms with Crippen LogP contribution in [0.4, 0.5) is 17.2 Å². The van der Waals surface area contributed by atoms with E-state index in [1.807, 2.05) is 4.90 Å². The SMILES string of the molecule is COc1cc(N(c2ccncn2)c2cc(Cl)cc(Cl)c2CN)cc(OC)c1OC. The molecule has 0 spiro atoms. The van der Waals surface area contributed by atoms with Crippen molar-refractivity contribution in [1.82, 2.24) is 9.97 Å². The van der Waals surface area contributed by atoms with Crippen LogP contribution in [-0.2, 0) is 6.54 Å². The summed E-state index contributed by atoms with van der Waals surface area (Å²) in [7, 11) is 4.65. The van der Waals surface area contributed by atoms with Gasteiger partial charge in [0.1, 0.15) is 12.1 Å². The number of nitrogens with two attached hydrogens (primary N) is 1. The van der Waals surface area contributed by atoms with Gasteiger partial charge in [0, 0.05) is 40.5 Å². The minimum atomic E-state index is 0.206. The third-order valence-electron chi connectivity index (χ3n) is 4.28. The summed E-state index contributed by atoms with van der Waals surface area (Å²) in [4.78, 5) is 10.3. The lowest BCUT2D eigenvalue weighted by Gasteiger charge is -2.28. The van der Waals surface area contributed by atoms with E-state index in [1.54, 1.807) is 57.9 Å². The van der Waals surface area contributed by atoms with E-state index in [1.165, 1.54) is 6.33 Å². The van der Waals surface area contributed by atoms with E-state index >= 15 is 0 Å². The zero-order valence-corrected chi connectivity index (χ0v) is 17.7. The predicted molar refractivity (Wildman–Crippen MR) is 114 cm³/mol. The van der Waals surface area contributed by atoms with Crippen molar-refractivity contribution >= 4 is 40.4 Å². The average molecular weight is 435 g/mol. The smallest absolute Gasteiger partial charge is 0.203 e. The molecule has 0 amide bonds. The maximum Gasteiger partial charge on any atom is 0.203 e. The Morgan fingerprint density at radius 1 is 1.00 bits per heavy atom. The van der Waals surface area contributed by atoms with Crippen molar-refractivity contribution in [2.45, 2.75) is 6.54 Å². The Morgan fingerprint density at radius 3 is 2.21 bits per heavy atom. The molecular weight excluding hydrogens is 415 g/mol. The van der Waals surface area contributed by atoms with Gasteiger partial charge in [-0.2, -0.15) is 0 Å². The quantitative estimate of drug-likeness (QED) is 0.574. The van der Waals surface area contributed by atoms with Crippen molar-refractivity contribution in [3.8, 4) is 17.2 Å². The Balaban J connectivity index is 2.33. The zero-order valence-electron chi connectivity index (χ0n) is 16.1. The molecule has 0 bridgehead atoms. The van der Waals surface area contributed by atoms with Crippen LogP contribution in [0.15, 0.2) is 42.9 Å². The Hall–Kier alpha value is -2.74. The third-order valence-corrected chi connectivity index (χ3v) is 4.84. The van der Waals surface area contributed by atoms with Gasteiger partial charge in [0.25, 0.3) is 0 Å². The number of ether oxygens (including phenoxy) is 3. The van der Waals surface area contributed by atoms with Gasteiger partial charge >= 0.3 is 0 Å². The first-order valence-electron chi connectivity index (χ1n) is 8.58. The molecule has 0 atom stereocenters. The van der Waals surface area contributed by atoms with Crippen LogP contribution in [0, 0.1) is 0 Å². The predicted octanol–water partition coefficient (Wildman–Crippen LogP) is 4.74. The molecule has 0 fully saturated rings. The second-order valence-corrected chi connectivity index (χ2v) is 6.72. The summed E-state index contributed by atoms with van der Waals surface area (Å²) < 4.78 is 16.4. The first-order valence-corrected chi connectivity index (χ1v) is 9.33. The van der Waals surface area contributed by atoms with Crippen molar-refractivity contribution in [3.63, 3.8) is 0 Å². The summed E-state index contributed by atoms with van der Waals surface area (Å²) in [5.41, 5.74) is 8.07. The Morgan fingerprint density at radius 2 is 1.69 bits per heavy atom. The van der Waals surface area contributed by atoms with Crippen LogP contribution in [0.3, 0.4) is 0 Å². The molecule has 29 heavy (non-hydrogen) atoms. The van der Waals surface area contributed by atoms with E-state index in [4.69, 9.17) is 43.1 Å². The third kappa shape index (κ3) is 4.17. The van der Waals surface area contributed by atoms with E-state index in [2.05, 4.69) is 9.97 Å². The number of halogens is 2. The Kier molecular flexibility index (Phi) is 6.64. The number of hydrogen-bond donors (Lipinski definition) is 1. The monoisotopic (exact) mass is 434 g/mol. The van der Waals surface area contributed by atoms with Crippen molar-refractivity contribution in [1.29, 1.82) is 0 Å². The van der Waals surface area contributed by atoms with Crippen molar-refractivity contribution in [3.05, 3.63) is 58.5 Å². The highest BCUT2D eigenvalue weighted by molar-refractivity contribution is 6.35. The molecule has 3 aromatic rings. The Bertz CT molecular complexity index is 978. The lowest BCUT2D eigenvalue weighted by atomic mass is 10.1. The zero-order chi connectivity index (χ0) is 21.0. The van der Waals surface area contributed by atoms with Gasteiger partial charge in [0.15, 0.2) is 11.5 Å². The normalized spacial score (nSPS) is 10.6. The largest absolute Gasteiger partial charge is 0.493 e. The summed E-state index contributed by atoms with van der Waals surface area (Å²) in [6.45, 7) is 0.206. The van der Waals surface area contributed by atoms with Gasteiger partial charge in [-0.3, -0.25) is 4.90 Å². The standard InChI is InChI=1S/C20H20Cl2N4O3/c1-27-17-8-13(9-18(28-2)20(17)29-3)26(19-4-5-24-11-25-19)16-7-12(21)6-15(22)14(16)10-23/h4-9,11H,10,23H2,1-3H3. The molecule has 1 aromatic heterocycles. The molecule has 2 N–H and O–H groups in total. The van der Waals surface area contributed by atoms with Crippen molar-refractivity contribution in [2.24, 2.45) is 5.73 Å². The Labute approximate surface area is 178 Å². The van der Waals surface area contributed by atoms with Gasteiger partial charge < -0.3 is 19.9 Å². The average Bonchev–Trinajstić information content (AvgIpc) is 2.73. The summed E-state index contributed by atoms with van der Waals surface area (Å²) >= 11 is 12.7.